The summed E-state index contributed by atoms with van der Waals surface area (Å²) in [5.41, 5.74) is -1.51. The Hall–Kier alpha value is -2.43. The van der Waals surface area contributed by atoms with Crippen LogP contribution in [0.3, 0.4) is 0 Å². The van der Waals surface area contributed by atoms with Crippen molar-refractivity contribution in [2.45, 2.75) is 25.9 Å². The van der Waals surface area contributed by atoms with Crippen LogP contribution in [0.2, 0.25) is 0 Å². The zero-order valence-corrected chi connectivity index (χ0v) is 17.3. The first-order chi connectivity index (χ1) is 14.2. The summed E-state index contributed by atoms with van der Waals surface area (Å²) in [7, 11) is -2.70. The van der Waals surface area contributed by atoms with E-state index in [1.165, 1.54) is 13.8 Å². The van der Waals surface area contributed by atoms with Crippen molar-refractivity contribution >= 4 is 8.25 Å². The van der Waals surface area contributed by atoms with Gasteiger partial charge in [0.05, 0.1) is 6.61 Å². The van der Waals surface area contributed by atoms with Crippen LogP contribution < -0.4 is 15.8 Å². The Morgan fingerprint density at radius 2 is 1.93 bits per heavy atom. The number of aliphatic hydroxyl groups excluding tert-OH is 1. The molecule has 2 rings (SSSR count). The van der Waals surface area contributed by atoms with Crippen LogP contribution in [0.15, 0.2) is 52.2 Å². The number of nitrogens with zero attached hydrogens (tertiary/aromatic N) is 1. The summed E-state index contributed by atoms with van der Waals surface area (Å²) in [6, 6.07) is 9.25. The van der Waals surface area contributed by atoms with Gasteiger partial charge in [-0.1, -0.05) is 32.0 Å². The molecule has 164 valence electrons. The summed E-state index contributed by atoms with van der Waals surface area (Å²) in [6.07, 6.45) is -0.252. The SMILES string of the molecule is CC(C)[C@@](F)(CO[P+](=O)Oc1ccccc1)O[C@H](COCO)n1ccc(=O)[nH]c1=O. The lowest BCUT2D eigenvalue weighted by molar-refractivity contribution is -0.253. The molecule has 10 nitrogen and oxygen atoms in total. The second kappa shape index (κ2) is 11.1. The molecule has 0 aliphatic rings. The lowest BCUT2D eigenvalue weighted by atomic mass is 10.1. The minimum Gasteiger partial charge on any atom is -0.371 e. The Kier molecular flexibility index (Phi) is 8.82. The summed E-state index contributed by atoms with van der Waals surface area (Å²) in [6.45, 7) is 1.10. The van der Waals surface area contributed by atoms with Gasteiger partial charge in [0.25, 0.3) is 5.56 Å². The van der Waals surface area contributed by atoms with Crippen LogP contribution >= 0.6 is 8.25 Å². The molecule has 0 spiro atoms. The molecule has 1 heterocycles. The third-order valence-corrected chi connectivity index (χ3v) is 4.70. The molecule has 2 N–H and O–H groups in total. The first-order valence-corrected chi connectivity index (χ1v) is 10.0. The van der Waals surface area contributed by atoms with Crippen molar-refractivity contribution in [1.29, 1.82) is 0 Å². The number of para-hydroxylation sites is 1. The molecule has 1 unspecified atom stereocenters. The van der Waals surface area contributed by atoms with E-state index < -0.39 is 57.5 Å². The van der Waals surface area contributed by atoms with Gasteiger partial charge in [0.2, 0.25) is 5.85 Å². The summed E-state index contributed by atoms with van der Waals surface area (Å²) < 4.78 is 48.9. The number of aliphatic hydroxyl groups is 1. The Bertz CT molecular complexity index is 936. The van der Waals surface area contributed by atoms with Crippen LogP contribution in [0.4, 0.5) is 4.39 Å². The number of rotatable bonds is 12. The predicted octanol–water partition coefficient (Wildman–Crippen LogP) is 2.09. The van der Waals surface area contributed by atoms with Gasteiger partial charge in [-0.25, -0.2) is 13.7 Å². The Labute approximate surface area is 172 Å². The van der Waals surface area contributed by atoms with Gasteiger partial charge in [-0.3, -0.25) is 14.3 Å². The van der Waals surface area contributed by atoms with E-state index in [1.54, 1.807) is 30.3 Å². The van der Waals surface area contributed by atoms with Crippen molar-refractivity contribution in [3.05, 3.63) is 63.4 Å². The van der Waals surface area contributed by atoms with Crippen LogP contribution in [0.5, 0.6) is 5.75 Å². The Balaban J connectivity index is 2.14. The van der Waals surface area contributed by atoms with Crippen LogP contribution in [0.25, 0.3) is 0 Å². The number of alkyl halides is 1. The molecule has 30 heavy (non-hydrogen) atoms. The highest BCUT2D eigenvalue weighted by Crippen LogP contribution is 2.34. The lowest BCUT2D eigenvalue weighted by Gasteiger charge is -2.32. The third kappa shape index (κ3) is 6.82. The number of H-pyrrole nitrogens is 1. The number of nitrogens with one attached hydrogen (secondary N) is 1. The van der Waals surface area contributed by atoms with Crippen LogP contribution in [-0.2, 0) is 18.6 Å². The molecule has 3 atom stereocenters. The van der Waals surface area contributed by atoms with Gasteiger partial charge in [-0.2, -0.15) is 0 Å². The zero-order chi connectivity index (χ0) is 22.1. The van der Waals surface area contributed by atoms with Gasteiger partial charge >= 0.3 is 13.9 Å². The third-order valence-electron chi connectivity index (χ3n) is 4.00. The van der Waals surface area contributed by atoms with Gasteiger partial charge in [-0.05, 0) is 12.1 Å². The normalized spacial score (nSPS) is 14.9. The number of aromatic amines is 1. The molecule has 1 aromatic heterocycles. The average Bonchev–Trinajstić information content (AvgIpc) is 2.70. The molecule has 0 fully saturated rings. The Morgan fingerprint density at radius 1 is 1.23 bits per heavy atom. The van der Waals surface area contributed by atoms with Crippen LogP contribution in [0.1, 0.15) is 20.1 Å². The van der Waals surface area contributed by atoms with Gasteiger partial charge < -0.3 is 14.6 Å². The van der Waals surface area contributed by atoms with Crippen LogP contribution in [0, 0.1) is 5.92 Å². The molecule has 0 aliphatic heterocycles. The van der Waals surface area contributed by atoms with Gasteiger partial charge in [0.1, 0.15) is 6.79 Å². The molecule has 0 amide bonds. The molecule has 0 radical (unpaired) electrons. The Morgan fingerprint density at radius 3 is 2.53 bits per heavy atom. The molecule has 0 saturated carbocycles. The molecular formula is C18H23FN2O8P+. The van der Waals surface area contributed by atoms with E-state index in [0.29, 0.717) is 0 Å². The highest BCUT2D eigenvalue weighted by atomic mass is 31.1. The number of halogens is 1. The maximum absolute atomic E-state index is 15.6. The number of hydrogen-bond donors (Lipinski definition) is 2. The fraction of sp³-hybridized carbons (Fsp3) is 0.444. The number of benzene rings is 1. The number of aromatic nitrogens is 2. The first-order valence-electron chi connectivity index (χ1n) is 8.95. The van der Waals surface area contributed by atoms with E-state index in [0.717, 1.165) is 16.8 Å². The molecule has 12 heteroatoms. The standard InChI is InChI=1S/C18H22FN2O8P/c1-13(2)18(19,11-27-30(25)29-14-6-4-3-5-7-14)28-16(10-26-12-22)21-9-8-15(23)20-17(21)24/h3-9,13,16,22H,10-12H2,1-2H3/p+1/t16-,18-/m1/s1. The first kappa shape index (κ1) is 23.8. The van der Waals surface area contributed by atoms with E-state index in [4.69, 9.17) is 23.6 Å². The minimum absolute atomic E-state index is 0.280. The topological polar surface area (TPSA) is 129 Å². The zero-order valence-electron chi connectivity index (χ0n) is 16.4. The second-order valence-electron chi connectivity index (χ2n) is 6.43. The predicted molar refractivity (Wildman–Crippen MR) is 104 cm³/mol. The van der Waals surface area contributed by atoms with E-state index in [9.17, 15) is 14.2 Å². The van der Waals surface area contributed by atoms with Crippen LogP contribution in [-0.4, -0.2) is 40.5 Å². The molecule has 1 aromatic carbocycles. The van der Waals surface area contributed by atoms with Gasteiger partial charge in [0, 0.05) is 22.7 Å². The van der Waals surface area contributed by atoms with Crippen molar-refractivity contribution in [3.8, 4) is 5.75 Å². The van der Waals surface area contributed by atoms with Crippen molar-refractivity contribution < 1.29 is 32.6 Å². The smallest absolute Gasteiger partial charge is 0.371 e. The van der Waals surface area contributed by atoms with E-state index in [1.807, 2.05) is 4.98 Å². The van der Waals surface area contributed by atoms with Crippen molar-refractivity contribution in [3.63, 3.8) is 0 Å². The quantitative estimate of drug-likeness (QED) is 0.375. The summed E-state index contributed by atoms with van der Waals surface area (Å²) in [5.74, 6) is -3.03. The second-order valence-corrected chi connectivity index (χ2v) is 7.32. The summed E-state index contributed by atoms with van der Waals surface area (Å²) in [4.78, 5) is 25.4. The molecule has 0 aliphatic carbocycles. The number of hydrogen-bond acceptors (Lipinski definition) is 8. The van der Waals surface area contributed by atoms with Gasteiger partial charge in [-0.15, -0.1) is 4.52 Å². The van der Waals surface area contributed by atoms with Crippen molar-refractivity contribution in [2.24, 2.45) is 5.92 Å². The van der Waals surface area contributed by atoms with Crippen molar-refractivity contribution in [2.75, 3.05) is 20.0 Å². The lowest BCUT2D eigenvalue weighted by Crippen LogP contribution is -2.44. The molecular weight excluding hydrogens is 422 g/mol. The molecule has 2 aromatic rings. The minimum atomic E-state index is -2.70. The highest BCUT2D eigenvalue weighted by molar-refractivity contribution is 7.33. The average molecular weight is 445 g/mol. The molecule has 0 saturated heterocycles. The summed E-state index contributed by atoms with van der Waals surface area (Å²) in [5, 5.41) is 8.90. The van der Waals surface area contributed by atoms with E-state index in [2.05, 4.69) is 0 Å². The highest BCUT2D eigenvalue weighted by Gasteiger charge is 2.43. The van der Waals surface area contributed by atoms with E-state index >= 15 is 4.39 Å². The summed E-state index contributed by atoms with van der Waals surface area (Å²) >= 11 is 0. The maximum atomic E-state index is 15.6. The fourth-order valence-corrected chi connectivity index (χ4v) is 2.90. The maximum Gasteiger partial charge on any atom is 0.750 e. The van der Waals surface area contributed by atoms with Crippen molar-refractivity contribution in [1.82, 2.24) is 9.55 Å². The largest absolute Gasteiger partial charge is 0.750 e. The van der Waals surface area contributed by atoms with E-state index in [-0.39, 0.29) is 5.75 Å². The molecule has 0 bridgehead atoms. The monoisotopic (exact) mass is 445 g/mol. The number of ether oxygens (including phenoxy) is 2. The van der Waals surface area contributed by atoms with Gasteiger partial charge in [0.15, 0.2) is 18.6 Å². The fourth-order valence-electron chi connectivity index (χ4n) is 2.28.